The van der Waals surface area contributed by atoms with E-state index >= 15 is 8.78 Å². The van der Waals surface area contributed by atoms with Crippen LogP contribution >= 0.6 is 0 Å². The third-order valence-electron chi connectivity index (χ3n) is 13.9. The summed E-state index contributed by atoms with van der Waals surface area (Å²) in [6, 6.07) is 0. The van der Waals surface area contributed by atoms with Gasteiger partial charge in [0.1, 0.15) is 12.3 Å². The van der Waals surface area contributed by atoms with Crippen LogP contribution in [0.1, 0.15) is 80.1 Å². The van der Waals surface area contributed by atoms with E-state index in [4.69, 9.17) is 14.2 Å². The van der Waals surface area contributed by atoms with E-state index in [9.17, 15) is 23.9 Å². The number of alkyl halides is 3. The average Bonchev–Trinajstić information content (AvgIpc) is 3.36. The van der Waals surface area contributed by atoms with Crippen LogP contribution in [0.5, 0.6) is 0 Å². The maximum atomic E-state index is 17.6. The zero-order valence-electron chi connectivity index (χ0n) is 25.8. The van der Waals surface area contributed by atoms with Gasteiger partial charge in [0.2, 0.25) is 12.5 Å². The lowest BCUT2D eigenvalue weighted by atomic mass is 9.44. The number of aliphatic hydroxyl groups excluding tert-OH is 1. The van der Waals surface area contributed by atoms with Crippen LogP contribution in [0.2, 0.25) is 0 Å². The molecule has 0 saturated heterocycles. The smallest absolute Gasteiger partial charge is 0.431 e. The van der Waals surface area contributed by atoms with E-state index in [0.717, 1.165) is 18.9 Å². The van der Waals surface area contributed by atoms with E-state index in [0.29, 0.717) is 12.3 Å². The summed E-state index contributed by atoms with van der Waals surface area (Å²) in [5.41, 5.74) is -7.92. The molecule has 0 aliphatic heterocycles. The van der Waals surface area contributed by atoms with Crippen molar-refractivity contribution in [1.29, 1.82) is 0 Å². The molecule has 238 valence electrons. The second-order valence-electron chi connectivity index (χ2n) is 15.3. The first-order valence-electron chi connectivity index (χ1n) is 15.5. The zero-order valence-corrected chi connectivity index (χ0v) is 25.8. The van der Waals surface area contributed by atoms with Crippen molar-refractivity contribution in [3.05, 3.63) is 23.8 Å². The summed E-state index contributed by atoms with van der Waals surface area (Å²) < 4.78 is 63.8. The highest BCUT2D eigenvalue weighted by Crippen LogP contribution is 2.72. The molecule has 6 rings (SSSR count). The summed E-state index contributed by atoms with van der Waals surface area (Å²) >= 11 is 0. The molecule has 1 unspecified atom stereocenters. The van der Waals surface area contributed by atoms with Crippen LogP contribution in [0.15, 0.2) is 23.8 Å². The van der Waals surface area contributed by atoms with Crippen molar-refractivity contribution >= 4 is 17.9 Å². The van der Waals surface area contributed by atoms with Crippen LogP contribution in [0.3, 0.4) is 0 Å². The van der Waals surface area contributed by atoms with E-state index in [-0.39, 0.29) is 35.7 Å². The first kappa shape index (κ1) is 30.7. The van der Waals surface area contributed by atoms with Crippen molar-refractivity contribution in [3.63, 3.8) is 0 Å². The molecule has 6 aliphatic rings. The number of rotatable bonds is 4. The van der Waals surface area contributed by atoms with Gasteiger partial charge in [-0.25, -0.2) is 22.8 Å². The van der Waals surface area contributed by atoms with Crippen LogP contribution in [0.25, 0.3) is 0 Å². The van der Waals surface area contributed by atoms with E-state index in [1.54, 1.807) is 13.8 Å². The van der Waals surface area contributed by atoms with Crippen molar-refractivity contribution in [2.45, 2.75) is 110 Å². The minimum atomic E-state index is -2.38. The Kier molecular flexibility index (Phi) is 6.65. The Balaban J connectivity index is 1.37. The van der Waals surface area contributed by atoms with Gasteiger partial charge < -0.3 is 19.3 Å². The molecule has 0 aromatic carbocycles. The monoisotopic (exact) mass is 608 g/mol. The fourth-order valence-corrected chi connectivity index (χ4v) is 11.0. The highest BCUT2D eigenvalue weighted by Gasteiger charge is 2.79. The van der Waals surface area contributed by atoms with Crippen molar-refractivity contribution < 1.29 is 46.9 Å². The standard InChI is InChI=1S/C33H43F3O7/c1-17-11-20-21-14-23(35)22-13-19(37)8-10-29(22,4)32(21,36)24(38)15-31(20,6)33(17,26(39)41-16-34)43-27(40)42-25-12-18-7-9-30(25,5)28(18,2)3/h8,10,13,17-18,20-21,23-25,38H,7,9,11-12,14-16H2,1-6H3/t17-,18+,20+,21+,23+,24+,25+,29+,30-,31+,32?,33-/m1/s1. The molecule has 43 heavy (non-hydrogen) atoms. The Morgan fingerprint density at radius 3 is 2.37 bits per heavy atom. The second-order valence-corrected chi connectivity index (χ2v) is 15.3. The van der Waals surface area contributed by atoms with Gasteiger partial charge in [0, 0.05) is 28.1 Å². The third kappa shape index (κ3) is 3.56. The van der Waals surface area contributed by atoms with Crippen molar-refractivity contribution in [2.75, 3.05) is 6.86 Å². The summed E-state index contributed by atoms with van der Waals surface area (Å²) in [4.78, 5) is 39.5. The highest BCUT2D eigenvalue weighted by atomic mass is 19.1. The molecule has 5 saturated carbocycles. The van der Waals surface area contributed by atoms with E-state index in [1.165, 1.54) is 19.1 Å². The number of hydrogen-bond acceptors (Lipinski definition) is 7. The summed E-state index contributed by atoms with van der Waals surface area (Å²) in [7, 11) is 0. The van der Waals surface area contributed by atoms with Crippen LogP contribution in [0, 0.1) is 45.3 Å². The van der Waals surface area contributed by atoms with Gasteiger partial charge in [0.15, 0.2) is 11.5 Å². The average molecular weight is 609 g/mol. The number of halogens is 3. The Labute approximate surface area is 250 Å². The lowest BCUT2D eigenvalue weighted by Crippen LogP contribution is -2.71. The summed E-state index contributed by atoms with van der Waals surface area (Å²) in [5, 5.41) is 11.6. The van der Waals surface area contributed by atoms with Gasteiger partial charge in [-0.1, -0.05) is 40.7 Å². The van der Waals surface area contributed by atoms with Crippen LogP contribution in [0.4, 0.5) is 18.0 Å². The van der Waals surface area contributed by atoms with Gasteiger partial charge in [-0.3, -0.25) is 4.79 Å². The van der Waals surface area contributed by atoms with E-state index < -0.39 is 83.0 Å². The zero-order chi connectivity index (χ0) is 31.5. The normalized spacial score (nSPS) is 50.8. The van der Waals surface area contributed by atoms with E-state index in [2.05, 4.69) is 20.8 Å². The molecule has 12 atom stereocenters. The van der Waals surface area contributed by atoms with Crippen LogP contribution in [-0.2, 0) is 23.8 Å². The largest absolute Gasteiger partial charge is 0.509 e. The molecule has 0 amide bonds. The SMILES string of the molecule is C[C@@H]1C[C@H]2[C@@H]3C[C@H](F)C4=CC(=O)C=C[C@]4(C)C3(F)[C@@H](O)C[C@]2(C)[C@]1(OC(=O)O[C@H]1C[C@@H]2CC[C@@]1(C)C2(C)C)C(=O)OCF. The number of allylic oxidation sites excluding steroid dienone is 4. The first-order chi connectivity index (χ1) is 19.9. The molecule has 5 fully saturated rings. The summed E-state index contributed by atoms with van der Waals surface area (Å²) in [5.74, 6) is -3.87. The molecule has 1 N–H and O–H groups in total. The minimum Gasteiger partial charge on any atom is -0.431 e. The minimum absolute atomic E-state index is 0.0161. The lowest BCUT2D eigenvalue weighted by Gasteiger charge is -2.62. The number of carbonyl (C=O) groups is 3. The van der Waals surface area contributed by atoms with E-state index in [1.807, 2.05) is 0 Å². The number of hydrogen-bond donors (Lipinski definition) is 1. The quantitative estimate of drug-likeness (QED) is 0.384. The Hall–Kier alpha value is -2.36. The topological polar surface area (TPSA) is 99.1 Å². The van der Waals surface area contributed by atoms with Crippen molar-refractivity contribution in [3.8, 4) is 0 Å². The fourth-order valence-electron chi connectivity index (χ4n) is 11.0. The Bertz CT molecular complexity index is 1310. The first-order valence-corrected chi connectivity index (χ1v) is 15.5. The molecule has 7 nitrogen and oxygen atoms in total. The Morgan fingerprint density at radius 2 is 1.77 bits per heavy atom. The van der Waals surface area contributed by atoms with Gasteiger partial charge in [0.25, 0.3) is 0 Å². The number of esters is 1. The van der Waals surface area contributed by atoms with Gasteiger partial charge in [-0.2, -0.15) is 0 Å². The van der Waals surface area contributed by atoms with Crippen LogP contribution in [-0.4, -0.2) is 59.5 Å². The molecular weight excluding hydrogens is 565 g/mol. The number of ether oxygens (including phenoxy) is 3. The third-order valence-corrected chi connectivity index (χ3v) is 13.9. The van der Waals surface area contributed by atoms with Gasteiger partial charge >= 0.3 is 12.1 Å². The predicted octanol–water partition coefficient (Wildman–Crippen LogP) is 6.13. The lowest BCUT2D eigenvalue weighted by molar-refractivity contribution is -0.236. The number of fused-ring (bicyclic) bond motifs is 7. The maximum absolute atomic E-state index is 17.6. The van der Waals surface area contributed by atoms with Crippen LogP contribution < -0.4 is 0 Å². The molecule has 0 heterocycles. The second kappa shape index (κ2) is 9.33. The maximum Gasteiger partial charge on any atom is 0.509 e. The fraction of sp³-hybridized carbons (Fsp3) is 0.788. The Morgan fingerprint density at radius 1 is 1.07 bits per heavy atom. The number of aliphatic hydroxyl groups is 1. The molecule has 6 aliphatic carbocycles. The summed E-state index contributed by atoms with van der Waals surface area (Å²) in [6.45, 7) is 9.69. The molecule has 0 radical (unpaired) electrons. The molecule has 0 spiro atoms. The van der Waals surface area contributed by atoms with Crippen molar-refractivity contribution in [1.82, 2.24) is 0 Å². The van der Waals surface area contributed by atoms with Gasteiger partial charge in [0.05, 0.1) is 6.10 Å². The molecular formula is C33H43F3O7. The molecule has 2 bridgehead atoms. The van der Waals surface area contributed by atoms with Gasteiger partial charge in [-0.05, 0) is 80.4 Å². The molecule has 10 heteroatoms. The number of ketones is 1. The molecule has 0 aromatic heterocycles. The summed E-state index contributed by atoms with van der Waals surface area (Å²) in [6.07, 6.45) is 0.710. The number of carbonyl (C=O) groups excluding carboxylic acids is 3. The molecule has 0 aromatic rings. The van der Waals surface area contributed by atoms with Crippen molar-refractivity contribution in [2.24, 2.45) is 45.3 Å². The van der Waals surface area contributed by atoms with Gasteiger partial charge in [-0.15, -0.1) is 0 Å². The highest BCUT2D eigenvalue weighted by molar-refractivity contribution is 6.01. The predicted molar refractivity (Wildman–Crippen MR) is 149 cm³/mol.